The standard InChI is InChI=1S/C16H25N3O2/c1-19-13-3-2-4-14(19)10-12(9-13)18-15(20)16(11-17)5-7-21-8-6-16/h12-14H,2-10H2,1H3,(H,18,20). The molecule has 0 spiro atoms. The first-order valence-electron chi connectivity index (χ1n) is 8.16. The van der Waals surface area contributed by atoms with Crippen LogP contribution in [0.3, 0.4) is 0 Å². The molecule has 5 heteroatoms. The summed E-state index contributed by atoms with van der Waals surface area (Å²) in [7, 11) is 2.21. The average molecular weight is 291 g/mol. The summed E-state index contributed by atoms with van der Waals surface area (Å²) < 4.78 is 5.30. The molecule has 2 unspecified atom stereocenters. The van der Waals surface area contributed by atoms with Crippen molar-refractivity contribution < 1.29 is 9.53 Å². The normalized spacial score (nSPS) is 35.7. The first-order chi connectivity index (χ1) is 10.1. The van der Waals surface area contributed by atoms with E-state index in [1.54, 1.807) is 0 Å². The summed E-state index contributed by atoms with van der Waals surface area (Å²) in [5.41, 5.74) is -0.864. The summed E-state index contributed by atoms with van der Waals surface area (Å²) in [4.78, 5) is 15.1. The fraction of sp³-hybridized carbons (Fsp3) is 0.875. The Labute approximate surface area is 126 Å². The molecule has 5 nitrogen and oxygen atoms in total. The van der Waals surface area contributed by atoms with Crippen LogP contribution in [0.1, 0.15) is 44.9 Å². The lowest BCUT2D eigenvalue weighted by Gasteiger charge is -2.47. The lowest BCUT2D eigenvalue weighted by atomic mass is 9.79. The monoisotopic (exact) mass is 291 g/mol. The van der Waals surface area contributed by atoms with Crippen molar-refractivity contribution in [2.75, 3.05) is 20.3 Å². The molecule has 0 saturated carbocycles. The van der Waals surface area contributed by atoms with Crippen molar-refractivity contribution in [1.82, 2.24) is 10.2 Å². The van der Waals surface area contributed by atoms with Crippen molar-refractivity contribution in [1.29, 1.82) is 5.26 Å². The largest absolute Gasteiger partial charge is 0.381 e. The minimum Gasteiger partial charge on any atom is -0.381 e. The number of hydrogen-bond donors (Lipinski definition) is 1. The highest BCUT2D eigenvalue weighted by atomic mass is 16.5. The average Bonchev–Trinajstić information content (AvgIpc) is 2.49. The van der Waals surface area contributed by atoms with Crippen molar-refractivity contribution in [3.05, 3.63) is 0 Å². The van der Waals surface area contributed by atoms with Gasteiger partial charge in [-0.25, -0.2) is 0 Å². The Morgan fingerprint density at radius 2 is 1.90 bits per heavy atom. The van der Waals surface area contributed by atoms with Gasteiger partial charge in [0, 0.05) is 31.3 Å². The lowest BCUT2D eigenvalue weighted by Crippen LogP contribution is -2.57. The van der Waals surface area contributed by atoms with Gasteiger partial charge in [-0.3, -0.25) is 4.79 Å². The highest BCUT2D eigenvalue weighted by Gasteiger charge is 2.43. The van der Waals surface area contributed by atoms with Gasteiger partial charge in [-0.15, -0.1) is 0 Å². The second-order valence-corrected chi connectivity index (χ2v) is 6.85. The Kier molecular flexibility index (Phi) is 4.19. The number of piperidine rings is 2. The molecule has 1 amide bonds. The second-order valence-electron chi connectivity index (χ2n) is 6.85. The van der Waals surface area contributed by atoms with Gasteiger partial charge in [-0.05, 0) is 45.6 Å². The zero-order chi connectivity index (χ0) is 14.9. The molecule has 3 fully saturated rings. The summed E-state index contributed by atoms with van der Waals surface area (Å²) in [6.07, 6.45) is 6.87. The van der Waals surface area contributed by atoms with E-state index in [2.05, 4.69) is 23.3 Å². The number of carbonyl (C=O) groups excluding carboxylic acids is 1. The molecule has 1 N–H and O–H groups in total. The van der Waals surface area contributed by atoms with E-state index in [0.29, 0.717) is 38.1 Å². The summed E-state index contributed by atoms with van der Waals surface area (Å²) in [5, 5.41) is 12.7. The van der Waals surface area contributed by atoms with E-state index in [0.717, 1.165) is 12.8 Å². The van der Waals surface area contributed by atoms with Gasteiger partial charge in [-0.1, -0.05) is 6.42 Å². The van der Waals surface area contributed by atoms with Crippen molar-refractivity contribution in [2.45, 2.75) is 63.1 Å². The van der Waals surface area contributed by atoms with Gasteiger partial charge in [-0.2, -0.15) is 5.26 Å². The van der Waals surface area contributed by atoms with Crippen molar-refractivity contribution >= 4 is 5.91 Å². The van der Waals surface area contributed by atoms with E-state index in [1.807, 2.05) is 0 Å². The predicted octanol–water partition coefficient (Wildman–Crippen LogP) is 1.44. The van der Waals surface area contributed by atoms with Crippen LogP contribution in [0.4, 0.5) is 0 Å². The van der Waals surface area contributed by atoms with Crippen molar-refractivity contribution in [3.8, 4) is 6.07 Å². The highest BCUT2D eigenvalue weighted by molar-refractivity contribution is 5.85. The molecule has 3 rings (SSSR count). The van der Waals surface area contributed by atoms with E-state index < -0.39 is 5.41 Å². The molecule has 2 bridgehead atoms. The predicted molar refractivity (Wildman–Crippen MR) is 78.5 cm³/mol. The Morgan fingerprint density at radius 3 is 2.48 bits per heavy atom. The third-order valence-corrected chi connectivity index (χ3v) is 5.67. The molecule has 0 aromatic carbocycles. The number of nitrogens with one attached hydrogen (secondary N) is 1. The van der Waals surface area contributed by atoms with Crippen LogP contribution in [0.2, 0.25) is 0 Å². The number of hydrogen-bond acceptors (Lipinski definition) is 4. The van der Waals surface area contributed by atoms with Crippen LogP contribution in [-0.4, -0.2) is 49.2 Å². The van der Waals surface area contributed by atoms with Gasteiger partial charge in [0.2, 0.25) is 5.91 Å². The molecule has 116 valence electrons. The molecule has 2 atom stereocenters. The van der Waals surface area contributed by atoms with E-state index in [-0.39, 0.29) is 11.9 Å². The van der Waals surface area contributed by atoms with Crippen molar-refractivity contribution in [3.63, 3.8) is 0 Å². The fourth-order valence-electron chi connectivity index (χ4n) is 4.17. The number of nitrogens with zero attached hydrogens (tertiary/aromatic N) is 2. The summed E-state index contributed by atoms with van der Waals surface area (Å²) in [5.74, 6) is -0.0686. The Morgan fingerprint density at radius 1 is 1.29 bits per heavy atom. The lowest BCUT2D eigenvalue weighted by molar-refractivity contribution is -0.133. The highest BCUT2D eigenvalue weighted by Crippen LogP contribution is 2.34. The van der Waals surface area contributed by atoms with Gasteiger partial charge in [0.05, 0.1) is 6.07 Å². The van der Waals surface area contributed by atoms with Crippen LogP contribution in [-0.2, 0) is 9.53 Å². The van der Waals surface area contributed by atoms with Gasteiger partial charge in [0.1, 0.15) is 5.41 Å². The first kappa shape index (κ1) is 14.8. The molecule has 0 radical (unpaired) electrons. The Balaban J connectivity index is 1.64. The number of ether oxygens (including phenoxy) is 1. The topological polar surface area (TPSA) is 65.4 Å². The van der Waals surface area contributed by atoms with Crippen LogP contribution in [0.25, 0.3) is 0 Å². The minimum atomic E-state index is -0.864. The van der Waals surface area contributed by atoms with Crippen LogP contribution >= 0.6 is 0 Å². The number of amides is 1. The molecule has 3 aliphatic rings. The van der Waals surface area contributed by atoms with Crippen LogP contribution in [0.15, 0.2) is 0 Å². The van der Waals surface area contributed by atoms with E-state index in [9.17, 15) is 10.1 Å². The molecule has 3 saturated heterocycles. The molecule has 3 aliphatic heterocycles. The molecular weight excluding hydrogens is 266 g/mol. The molecule has 3 heterocycles. The van der Waals surface area contributed by atoms with Crippen LogP contribution in [0, 0.1) is 16.7 Å². The van der Waals surface area contributed by atoms with E-state index >= 15 is 0 Å². The second kappa shape index (κ2) is 5.94. The number of rotatable bonds is 2. The third-order valence-electron chi connectivity index (χ3n) is 5.67. The van der Waals surface area contributed by atoms with E-state index in [1.165, 1.54) is 19.3 Å². The zero-order valence-electron chi connectivity index (χ0n) is 12.8. The maximum absolute atomic E-state index is 12.6. The number of carbonyl (C=O) groups is 1. The number of fused-ring (bicyclic) bond motifs is 2. The van der Waals surface area contributed by atoms with Gasteiger partial charge >= 0.3 is 0 Å². The SMILES string of the molecule is CN1C2CCCC1CC(NC(=O)C1(C#N)CCOCC1)C2. The fourth-order valence-corrected chi connectivity index (χ4v) is 4.17. The molecule has 21 heavy (non-hydrogen) atoms. The smallest absolute Gasteiger partial charge is 0.240 e. The summed E-state index contributed by atoms with van der Waals surface area (Å²) in [6, 6.07) is 3.68. The van der Waals surface area contributed by atoms with Crippen LogP contribution in [0.5, 0.6) is 0 Å². The molecule has 0 aromatic rings. The third kappa shape index (κ3) is 2.79. The maximum atomic E-state index is 12.6. The summed E-state index contributed by atoms with van der Waals surface area (Å²) in [6.45, 7) is 1.03. The van der Waals surface area contributed by atoms with Gasteiger partial charge in [0.25, 0.3) is 0 Å². The molecule has 0 aliphatic carbocycles. The van der Waals surface area contributed by atoms with Gasteiger partial charge in [0.15, 0.2) is 0 Å². The molecule has 0 aromatic heterocycles. The summed E-state index contributed by atoms with van der Waals surface area (Å²) >= 11 is 0. The minimum absolute atomic E-state index is 0.0686. The first-order valence-corrected chi connectivity index (χ1v) is 8.16. The Hall–Kier alpha value is -1.12. The molecular formula is C16H25N3O2. The quantitative estimate of drug-likeness (QED) is 0.836. The van der Waals surface area contributed by atoms with Crippen LogP contribution < -0.4 is 5.32 Å². The number of nitriles is 1. The van der Waals surface area contributed by atoms with Gasteiger partial charge < -0.3 is 15.0 Å². The Bertz CT molecular complexity index is 425. The van der Waals surface area contributed by atoms with E-state index in [4.69, 9.17) is 4.74 Å². The maximum Gasteiger partial charge on any atom is 0.240 e. The van der Waals surface area contributed by atoms with Crippen molar-refractivity contribution in [2.24, 2.45) is 5.41 Å². The zero-order valence-corrected chi connectivity index (χ0v) is 12.8.